The van der Waals surface area contributed by atoms with Crippen LogP contribution in [0.3, 0.4) is 0 Å². The molecule has 110 valence electrons. The summed E-state index contributed by atoms with van der Waals surface area (Å²) in [4.78, 5) is 0. The highest BCUT2D eigenvalue weighted by molar-refractivity contribution is 5.39. The van der Waals surface area contributed by atoms with E-state index < -0.39 is 0 Å². The molecule has 0 saturated carbocycles. The van der Waals surface area contributed by atoms with E-state index in [1.165, 1.54) is 17.2 Å². The fourth-order valence-corrected chi connectivity index (χ4v) is 3.05. The second-order valence-corrected chi connectivity index (χ2v) is 5.64. The van der Waals surface area contributed by atoms with E-state index in [1.807, 2.05) is 6.07 Å². The Kier molecular flexibility index (Phi) is 3.93. The van der Waals surface area contributed by atoms with Gasteiger partial charge in [0, 0.05) is 11.6 Å². The maximum absolute atomic E-state index is 14.0. The van der Waals surface area contributed by atoms with Crippen molar-refractivity contribution in [1.82, 2.24) is 0 Å². The zero-order valence-corrected chi connectivity index (χ0v) is 12.2. The Balaban J connectivity index is 1.94. The molecule has 0 radical (unpaired) electrons. The fourth-order valence-electron chi connectivity index (χ4n) is 3.05. The first kappa shape index (κ1) is 14.1. The lowest BCUT2D eigenvalue weighted by atomic mass is 9.89. The normalized spacial score (nSPS) is 18.9. The van der Waals surface area contributed by atoms with Crippen LogP contribution < -0.4 is 10.5 Å². The van der Waals surface area contributed by atoms with Crippen molar-refractivity contribution >= 4 is 0 Å². The van der Waals surface area contributed by atoms with E-state index in [0.717, 1.165) is 19.3 Å². The third-order valence-corrected chi connectivity index (χ3v) is 4.05. The molecule has 2 aromatic carbocycles. The van der Waals surface area contributed by atoms with Gasteiger partial charge in [0.05, 0.1) is 0 Å². The Labute approximate surface area is 124 Å². The van der Waals surface area contributed by atoms with Crippen LogP contribution in [0, 0.1) is 5.82 Å². The monoisotopic (exact) mass is 285 g/mol. The average molecular weight is 285 g/mol. The molecule has 0 saturated heterocycles. The van der Waals surface area contributed by atoms with Crippen LogP contribution in [0.5, 0.6) is 5.75 Å². The molecule has 0 aromatic heterocycles. The second kappa shape index (κ2) is 5.86. The van der Waals surface area contributed by atoms with E-state index >= 15 is 0 Å². The van der Waals surface area contributed by atoms with E-state index in [2.05, 4.69) is 18.2 Å². The summed E-state index contributed by atoms with van der Waals surface area (Å²) in [5, 5.41) is 0. The molecule has 1 unspecified atom stereocenters. The molecule has 0 fully saturated rings. The van der Waals surface area contributed by atoms with Gasteiger partial charge in [0.15, 0.2) is 0 Å². The molecule has 0 spiro atoms. The Morgan fingerprint density at radius 1 is 1.19 bits per heavy atom. The Morgan fingerprint density at radius 3 is 2.81 bits per heavy atom. The molecule has 2 aromatic rings. The first-order valence-electron chi connectivity index (χ1n) is 7.45. The van der Waals surface area contributed by atoms with Crippen molar-refractivity contribution in [2.24, 2.45) is 5.73 Å². The molecule has 1 aliphatic carbocycles. The van der Waals surface area contributed by atoms with Gasteiger partial charge in [0.2, 0.25) is 0 Å². The Hall–Kier alpha value is -1.87. The highest BCUT2D eigenvalue weighted by Gasteiger charge is 2.23. The van der Waals surface area contributed by atoms with Gasteiger partial charge >= 0.3 is 0 Å². The standard InChI is InChI=1S/C18H20FNO/c1-12(20)18-15(19)9-5-11-17(18)21-16-10-4-7-13-6-2-3-8-14(13)16/h2-3,5-6,8-9,11-12,16H,4,7,10,20H2,1H3/t12-,16?/m0/s1. The van der Waals surface area contributed by atoms with Crippen LogP contribution in [0.25, 0.3) is 0 Å². The van der Waals surface area contributed by atoms with Gasteiger partial charge in [-0.1, -0.05) is 30.3 Å². The van der Waals surface area contributed by atoms with Crippen LogP contribution in [-0.4, -0.2) is 0 Å². The average Bonchev–Trinajstić information content (AvgIpc) is 2.47. The molecule has 2 N–H and O–H groups in total. The summed E-state index contributed by atoms with van der Waals surface area (Å²) in [6.45, 7) is 1.78. The minimum atomic E-state index is -0.389. The largest absolute Gasteiger partial charge is 0.485 e. The van der Waals surface area contributed by atoms with E-state index in [-0.39, 0.29) is 18.0 Å². The Morgan fingerprint density at radius 2 is 2.00 bits per heavy atom. The number of hydrogen-bond donors (Lipinski definition) is 1. The smallest absolute Gasteiger partial charge is 0.131 e. The zero-order valence-electron chi connectivity index (χ0n) is 12.2. The topological polar surface area (TPSA) is 35.2 Å². The van der Waals surface area contributed by atoms with Crippen LogP contribution in [0.4, 0.5) is 4.39 Å². The van der Waals surface area contributed by atoms with Crippen LogP contribution in [-0.2, 0) is 6.42 Å². The van der Waals surface area contributed by atoms with Crippen molar-refractivity contribution in [2.45, 2.75) is 38.3 Å². The lowest BCUT2D eigenvalue weighted by molar-refractivity contribution is 0.180. The first-order chi connectivity index (χ1) is 10.2. The molecule has 3 heteroatoms. The number of hydrogen-bond acceptors (Lipinski definition) is 2. The van der Waals surface area contributed by atoms with Gasteiger partial charge in [-0.2, -0.15) is 0 Å². The van der Waals surface area contributed by atoms with Crippen LogP contribution in [0.2, 0.25) is 0 Å². The maximum Gasteiger partial charge on any atom is 0.131 e. The van der Waals surface area contributed by atoms with Crippen LogP contribution >= 0.6 is 0 Å². The van der Waals surface area contributed by atoms with Crippen LogP contribution in [0.15, 0.2) is 42.5 Å². The highest BCUT2D eigenvalue weighted by Crippen LogP contribution is 2.36. The number of fused-ring (bicyclic) bond motifs is 1. The summed E-state index contributed by atoms with van der Waals surface area (Å²) < 4.78 is 20.1. The summed E-state index contributed by atoms with van der Waals surface area (Å²) in [5.74, 6) is 0.262. The number of aryl methyl sites for hydroxylation is 1. The molecular formula is C18H20FNO. The van der Waals surface area contributed by atoms with E-state index in [9.17, 15) is 4.39 Å². The van der Waals surface area contributed by atoms with Crippen molar-refractivity contribution in [2.75, 3.05) is 0 Å². The summed E-state index contributed by atoms with van der Waals surface area (Å²) in [6.07, 6.45) is 3.10. The second-order valence-electron chi connectivity index (χ2n) is 5.64. The van der Waals surface area contributed by atoms with E-state index in [4.69, 9.17) is 10.5 Å². The van der Waals surface area contributed by atoms with Crippen molar-refractivity contribution in [3.8, 4) is 5.75 Å². The van der Waals surface area contributed by atoms with Crippen LogP contribution in [0.1, 0.15) is 48.6 Å². The Bertz CT molecular complexity index is 639. The molecule has 0 bridgehead atoms. The number of nitrogens with two attached hydrogens (primary N) is 1. The predicted octanol–water partition coefficient (Wildman–Crippen LogP) is 4.30. The summed E-state index contributed by atoms with van der Waals surface area (Å²) in [6, 6.07) is 12.8. The zero-order chi connectivity index (χ0) is 14.8. The number of ether oxygens (including phenoxy) is 1. The molecule has 21 heavy (non-hydrogen) atoms. The van der Waals surface area contributed by atoms with Gasteiger partial charge in [-0.3, -0.25) is 0 Å². The minimum Gasteiger partial charge on any atom is -0.485 e. The van der Waals surface area contributed by atoms with Gasteiger partial charge in [-0.05, 0) is 49.4 Å². The molecule has 0 heterocycles. The van der Waals surface area contributed by atoms with Crippen molar-refractivity contribution in [3.63, 3.8) is 0 Å². The number of rotatable bonds is 3. The van der Waals surface area contributed by atoms with Crippen molar-refractivity contribution in [1.29, 1.82) is 0 Å². The molecule has 1 aliphatic rings. The summed E-state index contributed by atoms with van der Waals surface area (Å²) in [5.41, 5.74) is 8.89. The molecule has 3 rings (SSSR count). The van der Waals surface area contributed by atoms with Gasteiger partial charge in [-0.25, -0.2) is 4.39 Å². The molecule has 0 amide bonds. The predicted molar refractivity (Wildman–Crippen MR) is 81.8 cm³/mol. The lowest BCUT2D eigenvalue weighted by Crippen LogP contribution is -2.17. The van der Waals surface area contributed by atoms with E-state index in [1.54, 1.807) is 19.1 Å². The lowest BCUT2D eigenvalue weighted by Gasteiger charge is -2.27. The minimum absolute atomic E-state index is 0.0192. The molecule has 2 nitrogen and oxygen atoms in total. The quantitative estimate of drug-likeness (QED) is 0.912. The SMILES string of the molecule is C[C@H](N)c1c(F)cccc1OC1CCCc2ccccc21. The molecule has 0 aliphatic heterocycles. The molecular weight excluding hydrogens is 265 g/mol. The van der Waals surface area contributed by atoms with Crippen molar-refractivity contribution < 1.29 is 9.13 Å². The fraction of sp³-hybridized carbons (Fsp3) is 0.333. The van der Waals surface area contributed by atoms with Gasteiger partial charge in [0.1, 0.15) is 17.7 Å². The molecule has 2 atom stereocenters. The summed E-state index contributed by atoms with van der Waals surface area (Å²) in [7, 11) is 0. The number of halogens is 1. The van der Waals surface area contributed by atoms with Crippen molar-refractivity contribution in [3.05, 3.63) is 65.0 Å². The first-order valence-corrected chi connectivity index (χ1v) is 7.45. The third-order valence-electron chi connectivity index (χ3n) is 4.05. The maximum atomic E-state index is 14.0. The van der Waals surface area contributed by atoms with Gasteiger partial charge in [-0.15, -0.1) is 0 Å². The third kappa shape index (κ3) is 2.79. The van der Waals surface area contributed by atoms with E-state index in [0.29, 0.717) is 11.3 Å². The van der Waals surface area contributed by atoms with Gasteiger partial charge in [0.25, 0.3) is 0 Å². The van der Waals surface area contributed by atoms with Gasteiger partial charge < -0.3 is 10.5 Å². The summed E-state index contributed by atoms with van der Waals surface area (Å²) >= 11 is 0. The number of benzene rings is 2. The highest BCUT2D eigenvalue weighted by atomic mass is 19.1.